The highest BCUT2D eigenvalue weighted by Gasteiger charge is 2.28. The molecule has 0 amide bonds. The summed E-state index contributed by atoms with van der Waals surface area (Å²) in [6, 6.07) is 4.06. The molecule has 5 rings (SSSR count). The van der Waals surface area contributed by atoms with Crippen LogP contribution < -0.4 is 4.90 Å². The summed E-state index contributed by atoms with van der Waals surface area (Å²) in [6.07, 6.45) is 3.82. The third kappa shape index (κ3) is 3.09. The molecular formula is C21H27N9. The van der Waals surface area contributed by atoms with Crippen LogP contribution in [0.3, 0.4) is 0 Å². The zero-order valence-electron chi connectivity index (χ0n) is 18.2. The van der Waals surface area contributed by atoms with Crippen molar-refractivity contribution in [3.8, 4) is 0 Å². The SMILES string of the molecule is Cc1nc(N2CCC(c3nnc4ccc(C(C)(C)C)nn34)CC2)c2cnn(C)c2n1. The van der Waals surface area contributed by atoms with E-state index in [4.69, 9.17) is 10.1 Å². The van der Waals surface area contributed by atoms with Crippen molar-refractivity contribution in [1.29, 1.82) is 0 Å². The van der Waals surface area contributed by atoms with Gasteiger partial charge in [0.05, 0.1) is 17.3 Å². The van der Waals surface area contributed by atoms with Gasteiger partial charge < -0.3 is 4.90 Å². The Morgan fingerprint density at radius 1 is 1.03 bits per heavy atom. The lowest BCUT2D eigenvalue weighted by atomic mass is 9.92. The van der Waals surface area contributed by atoms with Gasteiger partial charge in [0.25, 0.3) is 0 Å². The van der Waals surface area contributed by atoms with E-state index in [2.05, 4.69) is 46.0 Å². The number of anilines is 1. The molecule has 4 aromatic heterocycles. The third-order valence-corrected chi connectivity index (χ3v) is 5.90. The van der Waals surface area contributed by atoms with Crippen LogP contribution in [0.1, 0.15) is 56.9 Å². The Bertz CT molecular complexity index is 1220. The molecule has 0 radical (unpaired) electrons. The topological polar surface area (TPSA) is 89.9 Å². The fraction of sp³-hybridized carbons (Fsp3) is 0.524. The maximum atomic E-state index is 4.86. The molecule has 1 saturated heterocycles. The van der Waals surface area contributed by atoms with E-state index in [1.165, 1.54) is 0 Å². The number of aryl methyl sites for hydroxylation is 2. The zero-order chi connectivity index (χ0) is 21.0. The number of fused-ring (bicyclic) bond motifs is 2. The lowest BCUT2D eigenvalue weighted by molar-refractivity contribution is 0.471. The average Bonchev–Trinajstić information content (AvgIpc) is 3.30. The van der Waals surface area contributed by atoms with Crippen LogP contribution in [0.25, 0.3) is 16.7 Å². The molecule has 4 aromatic rings. The predicted octanol–water partition coefficient (Wildman–Crippen LogP) is 2.79. The summed E-state index contributed by atoms with van der Waals surface area (Å²) in [4.78, 5) is 11.6. The molecule has 30 heavy (non-hydrogen) atoms. The second-order valence-electron chi connectivity index (χ2n) is 9.16. The Labute approximate surface area is 175 Å². The Morgan fingerprint density at radius 3 is 2.53 bits per heavy atom. The Kier molecular flexibility index (Phi) is 4.23. The molecule has 0 N–H and O–H groups in total. The summed E-state index contributed by atoms with van der Waals surface area (Å²) < 4.78 is 3.75. The van der Waals surface area contributed by atoms with Crippen LogP contribution in [-0.4, -0.2) is 52.6 Å². The first kappa shape index (κ1) is 18.9. The number of hydrogen-bond donors (Lipinski definition) is 0. The van der Waals surface area contributed by atoms with Crippen LogP contribution in [-0.2, 0) is 12.5 Å². The van der Waals surface area contributed by atoms with Crippen molar-refractivity contribution in [1.82, 2.24) is 39.6 Å². The first-order chi connectivity index (χ1) is 14.3. The van der Waals surface area contributed by atoms with E-state index in [1.807, 2.05) is 36.8 Å². The molecule has 1 aliphatic rings. The van der Waals surface area contributed by atoms with Gasteiger partial charge in [0, 0.05) is 31.5 Å². The van der Waals surface area contributed by atoms with Gasteiger partial charge in [-0.2, -0.15) is 14.7 Å². The molecule has 1 fully saturated rings. The van der Waals surface area contributed by atoms with E-state index in [0.29, 0.717) is 5.92 Å². The van der Waals surface area contributed by atoms with E-state index in [9.17, 15) is 0 Å². The molecular weight excluding hydrogens is 378 g/mol. The number of nitrogens with zero attached hydrogens (tertiary/aromatic N) is 9. The van der Waals surface area contributed by atoms with Crippen LogP contribution in [0.4, 0.5) is 5.82 Å². The third-order valence-electron chi connectivity index (χ3n) is 5.90. The maximum absolute atomic E-state index is 4.86. The normalized spacial score (nSPS) is 16.1. The van der Waals surface area contributed by atoms with Crippen LogP contribution in [0.2, 0.25) is 0 Å². The van der Waals surface area contributed by atoms with E-state index in [0.717, 1.165) is 65.8 Å². The summed E-state index contributed by atoms with van der Waals surface area (Å²) in [5.41, 5.74) is 2.72. The van der Waals surface area contributed by atoms with Crippen LogP contribution in [0, 0.1) is 6.92 Å². The van der Waals surface area contributed by atoms with Crippen LogP contribution >= 0.6 is 0 Å². The largest absolute Gasteiger partial charge is 0.356 e. The van der Waals surface area contributed by atoms with E-state index in [1.54, 1.807) is 4.68 Å². The van der Waals surface area contributed by atoms with Crippen LogP contribution in [0.5, 0.6) is 0 Å². The number of piperidine rings is 1. The van der Waals surface area contributed by atoms with Gasteiger partial charge in [-0.25, -0.2) is 9.97 Å². The summed E-state index contributed by atoms with van der Waals surface area (Å²) in [6.45, 7) is 10.3. The Morgan fingerprint density at radius 2 is 1.80 bits per heavy atom. The van der Waals surface area contributed by atoms with Crippen molar-refractivity contribution in [3.63, 3.8) is 0 Å². The van der Waals surface area contributed by atoms with Gasteiger partial charge in [-0.3, -0.25) is 4.68 Å². The number of rotatable bonds is 2. The summed E-state index contributed by atoms with van der Waals surface area (Å²) in [5, 5.41) is 19.1. The zero-order valence-corrected chi connectivity index (χ0v) is 18.2. The molecule has 5 heterocycles. The van der Waals surface area contributed by atoms with E-state index in [-0.39, 0.29) is 5.41 Å². The monoisotopic (exact) mass is 405 g/mol. The van der Waals surface area contributed by atoms with Gasteiger partial charge >= 0.3 is 0 Å². The van der Waals surface area contributed by atoms with E-state index >= 15 is 0 Å². The maximum Gasteiger partial charge on any atom is 0.177 e. The molecule has 0 bridgehead atoms. The van der Waals surface area contributed by atoms with Gasteiger partial charge in [0.2, 0.25) is 0 Å². The first-order valence-corrected chi connectivity index (χ1v) is 10.5. The number of hydrogen-bond acceptors (Lipinski definition) is 7. The molecule has 1 aliphatic heterocycles. The van der Waals surface area contributed by atoms with Gasteiger partial charge in [-0.1, -0.05) is 20.8 Å². The molecule has 0 aromatic carbocycles. The van der Waals surface area contributed by atoms with Gasteiger partial charge in [-0.15, -0.1) is 10.2 Å². The highest BCUT2D eigenvalue weighted by molar-refractivity contribution is 5.87. The fourth-order valence-electron chi connectivity index (χ4n) is 4.16. The fourth-order valence-corrected chi connectivity index (χ4v) is 4.16. The minimum atomic E-state index is -0.0148. The lowest BCUT2D eigenvalue weighted by Gasteiger charge is -2.32. The van der Waals surface area contributed by atoms with E-state index < -0.39 is 0 Å². The predicted molar refractivity (Wildman–Crippen MR) is 115 cm³/mol. The second kappa shape index (κ2) is 6.72. The van der Waals surface area contributed by atoms with Crippen molar-refractivity contribution in [2.75, 3.05) is 18.0 Å². The minimum absolute atomic E-state index is 0.0148. The number of aromatic nitrogens is 8. The minimum Gasteiger partial charge on any atom is -0.356 e. The molecule has 9 nitrogen and oxygen atoms in total. The molecule has 0 atom stereocenters. The standard InChI is InChI=1S/C21H27N9/c1-13-23-19-15(12-22-28(19)5)20(24-13)29-10-8-14(9-11-29)18-26-25-17-7-6-16(21(2,3)4)27-30(17)18/h6-7,12,14H,8-11H2,1-5H3. The van der Waals surface area contributed by atoms with Gasteiger partial charge in [0.15, 0.2) is 17.1 Å². The highest BCUT2D eigenvalue weighted by atomic mass is 15.4. The van der Waals surface area contributed by atoms with Crippen molar-refractivity contribution >= 4 is 22.5 Å². The Hall–Kier alpha value is -3.10. The van der Waals surface area contributed by atoms with Crippen molar-refractivity contribution < 1.29 is 0 Å². The van der Waals surface area contributed by atoms with Gasteiger partial charge in [-0.05, 0) is 31.9 Å². The molecule has 0 spiro atoms. The van der Waals surface area contributed by atoms with Crippen molar-refractivity contribution in [3.05, 3.63) is 35.7 Å². The van der Waals surface area contributed by atoms with Crippen LogP contribution in [0.15, 0.2) is 18.3 Å². The molecule has 0 unspecified atom stereocenters. The lowest BCUT2D eigenvalue weighted by Crippen LogP contribution is -2.34. The highest BCUT2D eigenvalue weighted by Crippen LogP contribution is 2.32. The quantitative estimate of drug-likeness (QED) is 0.506. The van der Waals surface area contributed by atoms with Crippen molar-refractivity contribution in [2.45, 2.75) is 51.9 Å². The van der Waals surface area contributed by atoms with Crippen molar-refractivity contribution in [2.24, 2.45) is 7.05 Å². The summed E-state index contributed by atoms with van der Waals surface area (Å²) in [5.74, 6) is 3.03. The van der Waals surface area contributed by atoms with Gasteiger partial charge in [0.1, 0.15) is 11.6 Å². The average molecular weight is 406 g/mol. The molecule has 156 valence electrons. The summed E-state index contributed by atoms with van der Waals surface area (Å²) >= 11 is 0. The first-order valence-electron chi connectivity index (χ1n) is 10.5. The molecule has 0 saturated carbocycles. The second-order valence-corrected chi connectivity index (χ2v) is 9.16. The molecule has 9 heteroatoms. The molecule has 0 aliphatic carbocycles. The summed E-state index contributed by atoms with van der Waals surface area (Å²) in [7, 11) is 1.92. The smallest absolute Gasteiger partial charge is 0.177 e. The Balaban J connectivity index is 1.42.